The van der Waals surface area contributed by atoms with Crippen molar-refractivity contribution in [3.8, 4) is 0 Å². The van der Waals surface area contributed by atoms with Gasteiger partial charge in [0.2, 0.25) is 0 Å². The highest BCUT2D eigenvalue weighted by atomic mass is 32.2. The first-order valence-corrected chi connectivity index (χ1v) is 19.6. The summed E-state index contributed by atoms with van der Waals surface area (Å²) < 4.78 is 11.1. The van der Waals surface area contributed by atoms with Crippen LogP contribution in [0.4, 0.5) is 4.79 Å². The van der Waals surface area contributed by atoms with E-state index in [4.69, 9.17) is 15.2 Å². The minimum atomic E-state index is -0.113. The van der Waals surface area contributed by atoms with Gasteiger partial charge >= 0.3 is 11.9 Å². The summed E-state index contributed by atoms with van der Waals surface area (Å²) in [7, 11) is 0. The van der Waals surface area contributed by atoms with Crippen LogP contribution >= 0.6 is 11.8 Å². The third-order valence-corrected chi connectivity index (χ3v) is 8.95. The average Bonchev–Trinajstić information content (AvgIpc) is 3.04. The van der Waals surface area contributed by atoms with E-state index in [-0.39, 0.29) is 23.3 Å². The third-order valence-electron chi connectivity index (χ3n) is 8.01. The normalized spacial score (nSPS) is 11.4. The lowest BCUT2D eigenvalue weighted by Crippen LogP contribution is -2.30. The Labute approximate surface area is 281 Å². The fourth-order valence-corrected chi connectivity index (χ4v) is 5.85. The van der Waals surface area contributed by atoms with Gasteiger partial charge in [-0.05, 0) is 51.4 Å². The molecule has 0 rings (SSSR count). The SMILES string of the molecule is CCCCCC/C=C\COC(=O)CCCCCCCN(CCCCCCCC(=O)OC(CCCC)CCCC)C(=O)SCCN. The van der Waals surface area contributed by atoms with Crippen LogP contribution in [0.3, 0.4) is 0 Å². The first-order chi connectivity index (χ1) is 22.0. The van der Waals surface area contributed by atoms with Crippen LogP contribution in [-0.4, -0.2) is 60.2 Å². The molecule has 0 saturated heterocycles. The highest BCUT2D eigenvalue weighted by molar-refractivity contribution is 8.13. The summed E-state index contributed by atoms with van der Waals surface area (Å²) in [5.74, 6) is 0.489. The Balaban J connectivity index is 4.07. The van der Waals surface area contributed by atoms with Crippen LogP contribution in [0, 0.1) is 0 Å². The topological polar surface area (TPSA) is 98.9 Å². The monoisotopic (exact) mass is 655 g/mol. The van der Waals surface area contributed by atoms with Crippen molar-refractivity contribution in [1.29, 1.82) is 0 Å². The lowest BCUT2D eigenvalue weighted by atomic mass is 10.1. The number of unbranched alkanes of at least 4 members (excludes halogenated alkanes) is 14. The molecule has 0 aromatic rings. The number of hydrogen-bond donors (Lipinski definition) is 1. The molecular weight excluding hydrogens is 584 g/mol. The Hall–Kier alpha value is -1.54. The fraction of sp³-hybridized carbons (Fsp3) is 0.865. The van der Waals surface area contributed by atoms with Crippen molar-refractivity contribution < 1.29 is 23.9 Å². The average molecular weight is 655 g/mol. The quantitative estimate of drug-likeness (QED) is 0.0438. The number of nitrogens with two attached hydrogens (primary N) is 1. The molecule has 0 fully saturated rings. The molecule has 45 heavy (non-hydrogen) atoms. The molecule has 0 aliphatic carbocycles. The van der Waals surface area contributed by atoms with Crippen LogP contribution < -0.4 is 5.73 Å². The largest absolute Gasteiger partial charge is 0.462 e. The molecule has 2 N–H and O–H groups in total. The van der Waals surface area contributed by atoms with Crippen molar-refractivity contribution in [3.05, 3.63) is 12.2 Å². The van der Waals surface area contributed by atoms with Gasteiger partial charge in [-0.15, -0.1) is 0 Å². The molecular formula is C37H70N2O5S. The molecule has 264 valence electrons. The van der Waals surface area contributed by atoms with E-state index in [1.54, 1.807) is 0 Å². The summed E-state index contributed by atoms with van der Waals surface area (Å²) in [5, 5.41) is 0.127. The predicted molar refractivity (Wildman–Crippen MR) is 192 cm³/mol. The molecule has 0 bridgehead atoms. The van der Waals surface area contributed by atoms with E-state index in [1.807, 2.05) is 11.0 Å². The Kier molecular flexibility index (Phi) is 32.7. The minimum absolute atomic E-state index is 0.0444. The van der Waals surface area contributed by atoms with E-state index in [1.165, 1.54) is 37.4 Å². The number of thioether (sulfide) groups is 1. The van der Waals surface area contributed by atoms with Crippen LogP contribution in [0.2, 0.25) is 0 Å². The second kappa shape index (κ2) is 33.8. The highest BCUT2D eigenvalue weighted by Crippen LogP contribution is 2.16. The Bertz CT molecular complexity index is 726. The molecule has 7 nitrogen and oxygen atoms in total. The Morgan fingerprint density at radius 3 is 1.78 bits per heavy atom. The van der Waals surface area contributed by atoms with Crippen molar-refractivity contribution in [2.75, 3.05) is 32.0 Å². The zero-order chi connectivity index (χ0) is 33.2. The molecule has 0 unspecified atom stereocenters. The van der Waals surface area contributed by atoms with Crippen LogP contribution in [-0.2, 0) is 19.1 Å². The summed E-state index contributed by atoms with van der Waals surface area (Å²) in [6.07, 6.45) is 27.6. The molecule has 0 spiro atoms. The number of amides is 1. The molecule has 0 radical (unpaired) electrons. The smallest absolute Gasteiger partial charge is 0.306 e. The molecule has 1 amide bonds. The van der Waals surface area contributed by atoms with Gasteiger partial charge in [0.15, 0.2) is 0 Å². The van der Waals surface area contributed by atoms with E-state index < -0.39 is 0 Å². The molecule has 0 aromatic heterocycles. The van der Waals surface area contributed by atoms with E-state index in [2.05, 4.69) is 26.8 Å². The van der Waals surface area contributed by atoms with Gasteiger partial charge in [0.25, 0.3) is 5.24 Å². The summed E-state index contributed by atoms with van der Waals surface area (Å²) in [4.78, 5) is 39.0. The van der Waals surface area contributed by atoms with Gasteiger partial charge in [-0.1, -0.05) is 128 Å². The number of hydrogen-bond acceptors (Lipinski definition) is 7. The molecule has 0 heterocycles. The van der Waals surface area contributed by atoms with Crippen LogP contribution in [0.5, 0.6) is 0 Å². The van der Waals surface area contributed by atoms with E-state index in [0.717, 1.165) is 122 Å². The van der Waals surface area contributed by atoms with Crippen molar-refractivity contribution in [2.24, 2.45) is 5.73 Å². The molecule has 0 aromatic carbocycles. The van der Waals surface area contributed by atoms with Gasteiger partial charge in [0, 0.05) is 38.2 Å². The zero-order valence-corrected chi connectivity index (χ0v) is 30.3. The second-order valence-corrected chi connectivity index (χ2v) is 13.4. The zero-order valence-electron chi connectivity index (χ0n) is 29.5. The number of rotatable bonds is 32. The number of carbonyl (C=O) groups excluding carboxylic acids is 3. The highest BCUT2D eigenvalue weighted by Gasteiger charge is 2.15. The molecule has 0 aliphatic heterocycles. The summed E-state index contributed by atoms with van der Waals surface area (Å²) >= 11 is 1.32. The number of esters is 2. The van der Waals surface area contributed by atoms with Gasteiger partial charge < -0.3 is 20.1 Å². The van der Waals surface area contributed by atoms with Crippen LogP contribution in [0.1, 0.15) is 168 Å². The Morgan fingerprint density at radius 2 is 1.20 bits per heavy atom. The molecule has 0 aliphatic rings. The van der Waals surface area contributed by atoms with Gasteiger partial charge in [-0.25, -0.2) is 0 Å². The van der Waals surface area contributed by atoms with Crippen molar-refractivity contribution in [2.45, 2.75) is 175 Å². The van der Waals surface area contributed by atoms with Gasteiger partial charge in [-0.2, -0.15) is 0 Å². The van der Waals surface area contributed by atoms with Crippen molar-refractivity contribution in [1.82, 2.24) is 4.90 Å². The first kappa shape index (κ1) is 43.5. The van der Waals surface area contributed by atoms with Crippen molar-refractivity contribution >= 4 is 28.9 Å². The lowest BCUT2D eigenvalue weighted by molar-refractivity contribution is -0.150. The number of nitrogens with zero attached hydrogens (tertiary/aromatic N) is 1. The maximum atomic E-state index is 12.7. The summed E-state index contributed by atoms with van der Waals surface area (Å²) in [5.41, 5.74) is 5.62. The first-order valence-electron chi connectivity index (χ1n) is 18.6. The van der Waals surface area contributed by atoms with E-state index >= 15 is 0 Å². The molecule has 0 atom stereocenters. The van der Waals surface area contributed by atoms with Crippen LogP contribution in [0.15, 0.2) is 12.2 Å². The predicted octanol–water partition coefficient (Wildman–Crippen LogP) is 10.1. The minimum Gasteiger partial charge on any atom is -0.462 e. The summed E-state index contributed by atoms with van der Waals surface area (Å²) in [6, 6.07) is 0. The second-order valence-electron chi connectivity index (χ2n) is 12.3. The Morgan fingerprint density at radius 1 is 0.667 bits per heavy atom. The summed E-state index contributed by atoms with van der Waals surface area (Å²) in [6.45, 7) is 8.99. The standard InChI is InChI=1S/C37H70N2O5S/c1-4-7-10-11-12-19-24-32-43-35(40)27-20-15-13-17-22-30-39(37(42)45-33-29-38)31-23-18-14-16-21-28-36(41)44-34(25-8-5-2)26-9-6-3/h19,24,34H,4-18,20-23,25-33,38H2,1-3H3/b24-19-. The van der Waals surface area contributed by atoms with Gasteiger partial charge in [0.1, 0.15) is 12.7 Å². The van der Waals surface area contributed by atoms with Crippen molar-refractivity contribution in [3.63, 3.8) is 0 Å². The number of carbonyl (C=O) groups is 3. The van der Waals surface area contributed by atoms with E-state index in [9.17, 15) is 14.4 Å². The third kappa shape index (κ3) is 29.6. The number of ether oxygens (including phenoxy) is 2. The van der Waals surface area contributed by atoms with Gasteiger partial charge in [-0.3, -0.25) is 14.4 Å². The van der Waals surface area contributed by atoms with E-state index in [0.29, 0.717) is 31.7 Å². The van der Waals surface area contributed by atoms with Crippen LogP contribution in [0.25, 0.3) is 0 Å². The maximum Gasteiger partial charge on any atom is 0.306 e. The lowest BCUT2D eigenvalue weighted by Gasteiger charge is -2.22. The number of allylic oxidation sites excluding steroid dienone is 1. The van der Waals surface area contributed by atoms with Gasteiger partial charge in [0.05, 0.1) is 0 Å². The fourth-order valence-electron chi connectivity index (χ4n) is 5.20. The molecule has 8 heteroatoms. The molecule has 0 saturated carbocycles. The maximum absolute atomic E-state index is 12.7.